The molecule has 0 spiro atoms. The smallest absolute Gasteiger partial charge is 0.0693 e. The zero-order chi connectivity index (χ0) is 23.5. The average Bonchev–Trinajstić information content (AvgIpc) is 3.44. The summed E-state index contributed by atoms with van der Waals surface area (Å²) < 4.78 is 0. The second-order valence-electron chi connectivity index (χ2n) is 8.66. The fraction of sp³-hybridized carbons (Fsp3) is 0.310. The molecule has 0 unspecified atom stereocenters. The van der Waals surface area contributed by atoms with Crippen LogP contribution in [0.25, 0.3) is 18.2 Å². The first kappa shape index (κ1) is 22.8. The van der Waals surface area contributed by atoms with Crippen molar-refractivity contribution in [2.24, 2.45) is 4.99 Å². The second-order valence-corrected chi connectivity index (χ2v) is 8.66. The molecule has 0 radical (unpaired) electrons. The minimum absolute atomic E-state index is 0.950. The van der Waals surface area contributed by atoms with E-state index in [4.69, 9.17) is 4.99 Å². The van der Waals surface area contributed by atoms with Crippen LogP contribution in [0.4, 0.5) is 0 Å². The number of aliphatic imine (C=N–C) groups is 1. The van der Waals surface area contributed by atoms with Crippen LogP contribution in [0.2, 0.25) is 0 Å². The summed E-state index contributed by atoms with van der Waals surface area (Å²) >= 11 is 0. The zero-order valence-corrected chi connectivity index (χ0v) is 20.6. The van der Waals surface area contributed by atoms with Gasteiger partial charge in [0.2, 0.25) is 0 Å². The predicted octanol–water partition coefficient (Wildman–Crippen LogP) is 5.45. The molecular formula is C29H34N4. The molecule has 0 fully saturated rings. The van der Waals surface area contributed by atoms with Gasteiger partial charge >= 0.3 is 0 Å². The van der Waals surface area contributed by atoms with E-state index in [2.05, 4.69) is 80.8 Å². The van der Waals surface area contributed by atoms with Crippen molar-refractivity contribution >= 4 is 23.9 Å². The Kier molecular flexibility index (Phi) is 6.64. The Morgan fingerprint density at radius 2 is 1.64 bits per heavy atom. The van der Waals surface area contributed by atoms with E-state index in [1.54, 1.807) is 0 Å². The quantitative estimate of drug-likeness (QED) is 0.528. The topological polar surface area (TPSA) is 56.8 Å². The van der Waals surface area contributed by atoms with Crippen molar-refractivity contribution in [1.82, 2.24) is 15.0 Å². The van der Waals surface area contributed by atoms with Gasteiger partial charge in [0.05, 0.1) is 17.1 Å². The number of nitrogens with zero attached hydrogens (tertiary/aromatic N) is 2. The molecule has 3 aromatic heterocycles. The molecular weight excluding hydrogens is 404 g/mol. The molecule has 4 heterocycles. The Bertz CT molecular complexity index is 1380. The summed E-state index contributed by atoms with van der Waals surface area (Å²) in [6.45, 7) is 13.1. The summed E-state index contributed by atoms with van der Waals surface area (Å²) in [5.41, 5.74) is 12.1. The third-order valence-corrected chi connectivity index (χ3v) is 6.67. The van der Waals surface area contributed by atoms with E-state index in [1.165, 1.54) is 33.5 Å². The van der Waals surface area contributed by atoms with Crippen molar-refractivity contribution in [2.75, 3.05) is 0 Å². The summed E-state index contributed by atoms with van der Waals surface area (Å²) in [6, 6.07) is 8.19. The van der Waals surface area contributed by atoms with E-state index in [0.717, 1.165) is 52.8 Å². The molecule has 2 N–H and O–H groups in total. The average molecular weight is 439 g/mol. The fourth-order valence-electron chi connectivity index (χ4n) is 4.55. The molecule has 0 bridgehead atoms. The molecule has 1 aliphatic heterocycles. The molecule has 170 valence electrons. The highest BCUT2D eigenvalue weighted by molar-refractivity contribution is 6.23. The Morgan fingerprint density at radius 1 is 0.848 bits per heavy atom. The maximum Gasteiger partial charge on any atom is 0.0693 e. The molecule has 3 aromatic rings. The zero-order valence-electron chi connectivity index (χ0n) is 20.6. The number of nitrogens with one attached hydrogen (secondary N) is 2. The molecule has 0 aliphatic carbocycles. The van der Waals surface area contributed by atoms with Crippen LogP contribution >= 0.6 is 0 Å². The lowest BCUT2D eigenvalue weighted by atomic mass is 9.99. The van der Waals surface area contributed by atoms with Crippen molar-refractivity contribution in [3.63, 3.8) is 0 Å². The van der Waals surface area contributed by atoms with Crippen LogP contribution in [0.15, 0.2) is 52.3 Å². The second kappa shape index (κ2) is 9.62. The molecule has 0 saturated carbocycles. The number of rotatable bonds is 6. The van der Waals surface area contributed by atoms with Gasteiger partial charge in [-0.3, -0.25) is 4.98 Å². The third kappa shape index (κ3) is 4.56. The van der Waals surface area contributed by atoms with Crippen molar-refractivity contribution in [3.05, 3.63) is 91.8 Å². The normalized spacial score (nSPS) is 16.4. The Hall–Kier alpha value is -3.40. The van der Waals surface area contributed by atoms with Crippen LogP contribution < -0.4 is 10.7 Å². The maximum absolute atomic E-state index is 5.12. The van der Waals surface area contributed by atoms with Gasteiger partial charge in [-0.1, -0.05) is 26.8 Å². The van der Waals surface area contributed by atoms with E-state index in [9.17, 15) is 0 Å². The van der Waals surface area contributed by atoms with Gasteiger partial charge in [-0.2, -0.15) is 0 Å². The van der Waals surface area contributed by atoms with E-state index < -0.39 is 0 Å². The van der Waals surface area contributed by atoms with Crippen LogP contribution in [0.3, 0.4) is 0 Å². The van der Waals surface area contributed by atoms with Crippen LogP contribution in [-0.4, -0.2) is 20.7 Å². The van der Waals surface area contributed by atoms with Gasteiger partial charge in [0.15, 0.2) is 0 Å². The Morgan fingerprint density at radius 3 is 2.24 bits per heavy atom. The van der Waals surface area contributed by atoms with Gasteiger partial charge in [0.25, 0.3) is 0 Å². The van der Waals surface area contributed by atoms with E-state index in [1.807, 2.05) is 24.4 Å². The van der Waals surface area contributed by atoms with Gasteiger partial charge in [0.1, 0.15) is 0 Å². The monoisotopic (exact) mass is 438 g/mol. The number of aromatic nitrogens is 3. The van der Waals surface area contributed by atoms with Crippen molar-refractivity contribution in [3.8, 4) is 0 Å². The molecule has 33 heavy (non-hydrogen) atoms. The van der Waals surface area contributed by atoms with E-state index in [-0.39, 0.29) is 0 Å². The standard InChI is InChI=1S/C29H34N4/c1-7-21-14-23(15-22-12-10-11-13-30-22)32-27(21)17-29-25(9-3)24(8-2)28(33-29)16-26-19(5)18(4)20(6)31-26/h10-17,31-32H,7-9H2,1-6H3. The van der Waals surface area contributed by atoms with Crippen LogP contribution in [0, 0.1) is 20.8 Å². The summed E-state index contributed by atoms with van der Waals surface area (Å²) in [5, 5.41) is 2.20. The minimum atomic E-state index is 0.950. The number of aromatic amines is 2. The van der Waals surface area contributed by atoms with Crippen LogP contribution in [0.1, 0.15) is 67.4 Å². The number of H-pyrrole nitrogens is 2. The van der Waals surface area contributed by atoms with Gasteiger partial charge < -0.3 is 9.97 Å². The highest BCUT2D eigenvalue weighted by Crippen LogP contribution is 2.32. The lowest BCUT2D eigenvalue weighted by molar-refractivity contribution is 1.06. The molecule has 0 saturated heterocycles. The first-order chi connectivity index (χ1) is 15.9. The third-order valence-electron chi connectivity index (χ3n) is 6.67. The highest BCUT2D eigenvalue weighted by Gasteiger charge is 2.21. The summed E-state index contributed by atoms with van der Waals surface area (Å²) in [6.07, 6.45) is 11.3. The first-order valence-corrected chi connectivity index (χ1v) is 12.0. The van der Waals surface area contributed by atoms with Gasteiger partial charge in [0, 0.05) is 28.3 Å². The molecule has 4 nitrogen and oxygen atoms in total. The molecule has 4 heteroatoms. The van der Waals surface area contributed by atoms with Crippen LogP contribution in [-0.2, 0) is 6.42 Å². The van der Waals surface area contributed by atoms with Gasteiger partial charge in [-0.15, -0.1) is 0 Å². The molecule has 0 aromatic carbocycles. The number of allylic oxidation sites excluding steroid dienone is 2. The Labute approximate surface area is 196 Å². The fourth-order valence-corrected chi connectivity index (χ4v) is 4.55. The number of hydrogen-bond acceptors (Lipinski definition) is 2. The Balaban J connectivity index is 1.82. The van der Waals surface area contributed by atoms with Crippen molar-refractivity contribution < 1.29 is 0 Å². The molecule has 0 atom stereocenters. The lowest BCUT2D eigenvalue weighted by Gasteiger charge is -2.04. The molecule has 0 amide bonds. The predicted molar refractivity (Wildman–Crippen MR) is 140 cm³/mol. The van der Waals surface area contributed by atoms with E-state index in [0.29, 0.717) is 0 Å². The van der Waals surface area contributed by atoms with E-state index >= 15 is 0 Å². The molecule has 4 rings (SSSR count). The summed E-state index contributed by atoms with van der Waals surface area (Å²) in [4.78, 5) is 16.7. The number of aryl methyl sites for hydroxylation is 2. The first-order valence-electron chi connectivity index (χ1n) is 12.0. The number of pyridine rings is 1. The minimum Gasteiger partial charge on any atom is -0.359 e. The number of hydrogen-bond donors (Lipinski definition) is 2. The van der Waals surface area contributed by atoms with Crippen LogP contribution in [0.5, 0.6) is 0 Å². The lowest BCUT2D eigenvalue weighted by Crippen LogP contribution is -2.14. The summed E-state index contributed by atoms with van der Waals surface area (Å²) in [5.74, 6) is 0. The van der Waals surface area contributed by atoms with Gasteiger partial charge in [-0.25, -0.2) is 4.99 Å². The largest absolute Gasteiger partial charge is 0.359 e. The summed E-state index contributed by atoms with van der Waals surface area (Å²) in [7, 11) is 0. The maximum atomic E-state index is 5.12. The SMILES string of the molecule is CCC1=C(CC)C(C=c2[nH]c(=Cc3ccccn3)cc2CC)=NC1=Cc1[nH]c(C)c(C)c1C. The van der Waals surface area contributed by atoms with Gasteiger partial charge in [-0.05, 0) is 104 Å². The van der Waals surface area contributed by atoms with Crippen molar-refractivity contribution in [1.29, 1.82) is 0 Å². The highest BCUT2D eigenvalue weighted by atomic mass is 14.8. The van der Waals surface area contributed by atoms with Crippen molar-refractivity contribution in [2.45, 2.75) is 60.8 Å². The molecule has 1 aliphatic rings.